The molecule has 0 atom stereocenters. The molecule has 0 unspecified atom stereocenters. The summed E-state index contributed by atoms with van der Waals surface area (Å²) in [4.78, 5) is 27.1. The smallest absolute Gasteiger partial charge is 0.244 e. The molecule has 162 valence electrons. The summed E-state index contributed by atoms with van der Waals surface area (Å²) in [5, 5.41) is 8.82. The van der Waals surface area contributed by atoms with E-state index in [1.807, 2.05) is 62.0 Å². The Balaban J connectivity index is 1.45. The monoisotopic (exact) mass is 427 g/mol. The van der Waals surface area contributed by atoms with Crippen molar-refractivity contribution in [2.24, 2.45) is 7.05 Å². The normalized spacial score (nSPS) is 13.5. The third kappa shape index (κ3) is 3.45. The predicted molar refractivity (Wildman–Crippen MR) is 126 cm³/mol. The van der Waals surface area contributed by atoms with Crippen molar-refractivity contribution in [1.29, 1.82) is 0 Å². The van der Waals surface area contributed by atoms with Crippen molar-refractivity contribution in [3.63, 3.8) is 0 Å². The quantitative estimate of drug-likeness (QED) is 0.534. The Morgan fingerprint density at radius 3 is 2.78 bits per heavy atom. The van der Waals surface area contributed by atoms with Crippen LogP contribution < -0.4 is 10.2 Å². The molecule has 7 nitrogen and oxygen atoms in total. The van der Waals surface area contributed by atoms with Crippen molar-refractivity contribution in [2.45, 2.75) is 26.8 Å². The molecular formula is C25H25N5O2. The Hall–Kier alpha value is -3.87. The van der Waals surface area contributed by atoms with Crippen LogP contribution in [0.25, 0.3) is 22.2 Å². The topological polar surface area (TPSA) is 72.2 Å². The summed E-state index contributed by atoms with van der Waals surface area (Å²) >= 11 is 0. The van der Waals surface area contributed by atoms with Crippen molar-refractivity contribution in [2.75, 3.05) is 16.8 Å². The second kappa shape index (κ2) is 7.67. The summed E-state index contributed by atoms with van der Waals surface area (Å²) < 4.78 is 3.90. The molecule has 0 spiro atoms. The Kier molecular flexibility index (Phi) is 4.81. The fourth-order valence-electron chi connectivity index (χ4n) is 4.30. The van der Waals surface area contributed by atoms with Crippen molar-refractivity contribution >= 4 is 34.2 Å². The van der Waals surface area contributed by atoms with Crippen LogP contribution in [0.3, 0.4) is 0 Å². The molecule has 0 fully saturated rings. The average molecular weight is 428 g/mol. The number of carbonyl (C=O) groups is 2. The van der Waals surface area contributed by atoms with Crippen LogP contribution in [-0.4, -0.2) is 32.7 Å². The number of hydrogen-bond donors (Lipinski definition) is 1. The largest absolute Gasteiger partial charge is 0.350 e. The van der Waals surface area contributed by atoms with Gasteiger partial charge < -0.3 is 9.88 Å². The zero-order chi connectivity index (χ0) is 22.4. The third-order valence-electron chi connectivity index (χ3n) is 6.02. The number of nitrogens with zero attached hydrogens (tertiary/aromatic N) is 4. The summed E-state index contributed by atoms with van der Waals surface area (Å²) in [5.74, 6) is 0.353. The summed E-state index contributed by atoms with van der Waals surface area (Å²) in [6.45, 7) is 4.39. The van der Waals surface area contributed by atoms with E-state index in [0.717, 1.165) is 39.0 Å². The molecule has 32 heavy (non-hydrogen) atoms. The van der Waals surface area contributed by atoms with Gasteiger partial charge >= 0.3 is 0 Å². The number of anilines is 2. The first-order chi connectivity index (χ1) is 15.4. The summed E-state index contributed by atoms with van der Waals surface area (Å²) in [7, 11) is 2.01. The maximum Gasteiger partial charge on any atom is 0.244 e. The molecule has 2 aromatic heterocycles. The molecule has 7 heteroatoms. The maximum atomic E-state index is 12.8. The van der Waals surface area contributed by atoms with Gasteiger partial charge in [0.15, 0.2) is 0 Å². The minimum Gasteiger partial charge on any atom is -0.350 e. The van der Waals surface area contributed by atoms with E-state index in [2.05, 4.69) is 28.2 Å². The van der Waals surface area contributed by atoms with Crippen LogP contribution in [0.15, 0.2) is 54.7 Å². The zero-order valence-electron chi connectivity index (χ0n) is 18.4. The molecule has 1 aliphatic heterocycles. The Morgan fingerprint density at radius 1 is 1.12 bits per heavy atom. The first-order valence-electron chi connectivity index (χ1n) is 10.7. The van der Waals surface area contributed by atoms with Crippen LogP contribution in [0, 0.1) is 13.8 Å². The van der Waals surface area contributed by atoms with Gasteiger partial charge in [-0.15, -0.1) is 0 Å². The highest BCUT2D eigenvalue weighted by Gasteiger charge is 2.29. The first kappa shape index (κ1) is 20.1. The zero-order valence-corrected chi connectivity index (χ0v) is 18.4. The SMILES string of the molecule is Cc1ccc(C)c(NC(=O)CN2C(=O)CCn3nc(-c4cn(C)c5ccccc45)cc32)c1. The fourth-order valence-corrected chi connectivity index (χ4v) is 4.30. The Morgan fingerprint density at radius 2 is 1.94 bits per heavy atom. The van der Waals surface area contributed by atoms with Crippen molar-refractivity contribution in [3.8, 4) is 11.3 Å². The molecule has 0 saturated heterocycles. The van der Waals surface area contributed by atoms with Gasteiger partial charge in [-0.25, -0.2) is 4.68 Å². The molecule has 4 aromatic rings. The Labute approximate surface area is 186 Å². The van der Waals surface area contributed by atoms with Gasteiger partial charge in [-0.3, -0.25) is 14.5 Å². The number of carbonyl (C=O) groups excluding carboxylic acids is 2. The lowest BCUT2D eigenvalue weighted by atomic mass is 10.1. The standard InChI is InChI=1S/C25H25N5O2/c1-16-8-9-17(2)20(12-16)26-23(31)15-29-24-13-21(27-30(24)11-10-25(29)32)19-14-28(3)22-7-5-4-6-18(19)22/h4-9,12-14H,10-11,15H2,1-3H3,(H,26,31). The lowest BCUT2D eigenvalue weighted by Gasteiger charge is -2.27. The lowest BCUT2D eigenvalue weighted by molar-refractivity contribution is -0.122. The number of para-hydroxylation sites is 1. The van der Waals surface area contributed by atoms with Crippen LogP contribution in [-0.2, 0) is 23.2 Å². The van der Waals surface area contributed by atoms with E-state index in [9.17, 15) is 9.59 Å². The van der Waals surface area contributed by atoms with E-state index in [-0.39, 0.29) is 18.4 Å². The molecule has 5 rings (SSSR count). The molecule has 2 aromatic carbocycles. The third-order valence-corrected chi connectivity index (χ3v) is 6.02. The number of aromatic nitrogens is 3. The predicted octanol–water partition coefficient (Wildman–Crippen LogP) is 4.03. The van der Waals surface area contributed by atoms with Gasteiger partial charge in [0.2, 0.25) is 11.8 Å². The number of rotatable bonds is 4. The van der Waals surface area contributed by atoms with Crippen LogP contribution in [0.2, 0.25) is 0 Å². The van der Waals surface area contributed by atoms with Crippen LogP contribution >= 0.6 is 0 Å². The molecule has 0 bridgehead atoms. The van der Waals surface area contributed by atoms with Crippen LogP contribution in [0.5, 0.6) is 0 Å². The highest BCUT2D eigenvalue weighted by atomic mass is 16.2. The second-order valence-electron chi connectivity index (χ2n) is 8.38. The Bertz CT molecular complexity index is 1360. The minimum atomic E-state index is -0.228. The molecular weight excluding hydrogens is 402 g/mol. The first-order valence-corrected chi connectivity index (χ1v) is 10.7. The summed E-state index contributed by atoms with van der Waals surface area (Å²) in [5.41, 5.74) is 5.75. The number of benzene rings is 2. The highest BCUT2D eigenvalue weighted by molar-refractivity contribution is 6.03. The van der Waals surface area contributed by atoms with Crippen molar-refractivity contribution < 1.29 is 9.59 Å². The van der Waals surface area contributed by atoms with Gasteiger partial charge in [0, 0.05) is 47.9 Å². The molecule has 3 heterocycles. The van der Waals surface area contributed by atoms with Gasteiger partial charge in [-0.05, 0) is 37.1 Å². The van der Waals surface area contributed by atoms with E-state index < -0.39 is 0 Å². The number of fused-ring (bicyclic) bond motifs is 2. The number of aryl methyl sites for hydroxylation is 4. The van der Waals surface area contributed by atoms with E-state index in [4.69, 9.17) is 5.10 Å². The van der Waals surface area contributed by atoms with Crippen LogP contribution in [0.4, 0.5) is 11.5 Å². The molecule has 0 aliphatic carbocycles. The fraction of sp³-hybridized carbons (Fsp3) is 0.240. The summed E-state index contributed by atoms with van der Waals surface area (Å²) in [6, 6.07) is 16.0. The van der Waals surface area contributed by atoms with E-state index in [0.29, 0.717) is 18.8 Å². The minimum absolute atomic E-state index is 0.0487. The molecule has 1 aliphatic rings. The van der Waals surface area contributed by atoms with Gasteiger partial charge in [-0.2, -0.15) is 5.10 Å². The van der Waals surface area contributed by atoms with Gasteiger partial charge in [0.1, 0.15) is 12.4 Å². The number of nitrogens with one attached hydrogen (secondary N) is 1. The van der Waals surface area contributed by atoms with Crippen LogP contribution in [0.1, 0.15) is 17.5 Å². The van der Waals surface area contributed by atoms with Crippen molar-refractivity contribution in [3.05, 3.63) is 65.9 Å². The number of amides is 2. The maximum absolute atomic E-state index is 12.8. The molecule has 0 radical (unpaired) electrons. The van der Waals surface area contributed by atoms with Gasteiger partial charge in [-0.1, -0.05) is 30.3 Å². The lowest BCUT2D eigenvalue weighted by Crippen LogP contribution is -2.42. The highest BCUT2D eigenvalue weighted by Crippen LogP contribution is 2.33. The molecule has 1 N–H and O–H groups in total. The second-order valence-corrected chi connectivity index (χ2v) is 8.38. The summed E-state index contributed by atoms with van der Waals surface area (Å²) in [6.07, 6.45) is 2.37. The van der Waals surface area contributed by atoms with Gasteiger partial charge in [0.25, 0.3) is 0 Å². The average Bonchev–Trinajstić information content (AvgIpc) is 3.34. The molecule has 2 amide bonds. The van der Waals surface area contributed by atoms with E-state index in [1.165, 1.54) is 4.90 Å². The van der Waals surface area contributed by atoms with E-state index >= 15 is 0 Å². The van der Waals surface area contributed by atoms with Crippen molar-refractivity contribution in [1.82, 2.24) is 14.3 Å². The molecule has 0 saturated carbocycles. The van der Waals surface area contributed by atoms with E-state index in [1.54, 1.807) is 0 Å². The number of hydrogen-bond acceptors (Lipinski definition) is 3. The van der Waals surface area contributed by atoms with Gasteiger partial charge in [0.05, 0.1) is 12.2 Å².